The van der Waals surface area contributed by atoms with Gasteiger partial charge < -0.3 is 29.6 Å². The van der Waals surface area contributed by atoms with Gasteiger partial charge in [-0.3, -0.25) is 4.79 Å². The molecule has 0 aromatic heterocycles. The number of hydrogen-bond donors (Lipinski definition) is 2. The van der Waals surface area contributed by atoms with Crippen LogP contribution in [0, 0.1) is 5.92 Å². The van der Waals surface area contributed by atoms with E-state index >= 15 is 0 Å². The van der Waals surface area contributed by atoms with Crippen LogP contribution < -0.4 is 10.6 Å². The Hall–Kier alpha value is -0.730. The molecule has 0 aliphatic heterocycles. The number of carbonyl (C=O) groups excluding carboxylic acids is 1. The normalized spacial score (nSPS) is 11.1. The quantitative estimate of drug-likeness (QED) is 0.376. The molecule has 0 saturated heterocycles. The maximum atomic E-state index is 11.4. The summed E-state index contributed by atoms with van der Waals surface area (Å²) in [4.78, 5) is 11.4. The van der Waals surface area contributed by atoms with Crippen molar-refractivity contribution in [2.45, 2.75) is 20.3 Å². The van der Waals surface area contributed by atoms with E-state index in [0.29, 0.717) is 71.7 Å². The molecule has 0 atom stereocenters. The third-order valence-corrected chi connectivity index (χ3v) is 2.77. The van der Waals surface area contributed by atoms with Gasteiger partial charge >= 0.3 is 0 Å². The number of nitrogens with one attached hydrogen (secondary N) is 2. The Kier molecular flexibility index (Phi) is 17.1. The lowest BCUT2D eigenvalue weighted by molar-refractivity contribution is -0.122. The maximum absolute atomic E-state index is 11.4. The smallest absolute Gasteiger partial charge is 0.220 e. The van der Waals surface area contributed by atoms with Gasteiger partial charge in [0, 0.05) is 19.5 Å². The van der Waals surface area contributed by atoms with E-state index in [1.54, 1.807) is 0 Å². The summed E-state index contributed by atoms with van der Waals surface area (Å²) in [5.41, 5.74) is 0. The molecule has 0 spiro atoms. The minimum absolute atomic E-state index is 0.0759. The van der Waals surface area contributed by atoms with Crippen LogP contribution in [-0.4, -0.2) is 78.9 Å². The first-order valence-corrected chi connectivity index (χ1v) is 8.39. The molecule has 0 radical (unpaired) electrons. The molecule has 0 rings (SSSR count). The molecule has 0 fully saturated rings. The van der Waals surface area contributed by atoms with E-state index in [-0.39, 0.29) is 5.91 Å². The summed E-state index contributed by atoms with van der Waals surface area (Å²) < 4.78 is 21.4. The first kappa shape index (κ1) is 22.3. The molecule has 0 aliphatic carbocycles. The zero-order valence-corrected chi connectivity index (χ0v) is 14.9. The standard InChI is InChI=1S/C16H34N2O5/c1-15(2)14-16(19)18-5-7-21-9-11-23-13-12-22-10-8-20-6-4-17-3/h15,17H,4-14H2,1-3H3,(H,18,19). The van der Waals surface area contributed by atoms with Crippen LogP contribution >= 0.6 is 0 Å². The Morgan fingerprint density at radius 3 is 1.65 bits per heavy atom. The predicted molar refractivity (Wildman–Crippen MR) is 89.7 cm³/mol. The van der Waals surface area contributed by atoms with Gasteiger partial charge in [-0.1, -0.05) is 13.8 Å². The van der Waals surface area contributed by atoms with Gasteiger partial charge in [0.1, 0.15) is 0 Å². The lowest BCUT2D eigenvalue weighted by Gasteiger charge is -2.09. The summed E-state index contributed by atoms with van der Waals surface area (Å²) >= 11 is 0. The first-order chi connectivity index (χ1) is 11.2. The van der Waals surface area contributed by atoms with Gasteiger partial charge in [0.05, 0.1) is 52.9 Å². The number of hydrogen-bond acceptors (Lipinski definition) is 6. The second kappa shape index (κ2) is 17.6. The van der Waals surface area contributed by atoms with Crippen LogP contribution in [0.3, 0.4) is 0 Å². The zero-order chi connectivity index (χ0) is 17.2. The van der Waals surface area contributed by atoms with Crippen LogP contribution in [0.4, 0.5) is 0 Å². The van der Waals surface area contributed by atoms with Gasteiger partial charge in [-0.2, -0.15) is 0 Å². The number of amides is 1. The Bertz CT molecular complexity index is 265. The maximum Gasteiger partial charge on any atom is 0.220 e. The second-order valence-corrected chi connectivity index (χ2v) is 5.50. The molecular formula is C16H34N2O5. The van der Waals surface area contributed by atoms with Crippen LogP contribution in [0.15, 0.2) is 0 Å². The SMILES string of the molecule is CNCCOCCOCCOCCOCCNC(=O)CC(C)C. The molecule has 0 saturated carbocycles. The van der Waals surface area contributed by atoms with Crippen molar-refractivity contribution in [2.24, 2.45) is 5.92 Å². The van der Waals surface area contributed by atoms with E-state index in [9.17, 15) is 4.79 Å². The summed E-state index contributed by atoms with van der Waals surface area (Å²) in [5.74, 6) is 0.457. The molecule has 0 heterocycles. The molecular weight excluding hydrogens is 300 g/mol. The van der Waals surface area contributed by atoms with Crippen molar-refractivity contribution in [3.63, 3.8) is 0 Å². The van der Waals surface area contributed by atoms with Crippen LogP contribution in [0.2, 0.25) is 0 Å². The molecule has 2 N–H and O–H groups in total. The number of carbonyl (C=O) groups is 1. The highest BCUT2D eigenvalue weighted by Gasteiger charge is 2.03. The van der Waals surface area contributed by atoms with Crippen molar-refractivity contribution in [3.05, 3.63) is 0 Å². The molecule has 138 valence electrons. The Morgan fingerprint density at radius 2 is 1.22 bits per heavy atom. The fourth-order valence-corrected chi connectivity index (χ4v) is 1.64. The van der Waals surface area contributed by atoms with Crippen molar-refractivity contribution in [2.75, 3.05) is 73.0 Å². The fourth-order valence-electron chi connectivity index (χ4n) is 1.64. The van der Waals surface area contributed by atoms with Gasteiger partial charge in [-0.15, -0.1) is 0 Å². The summed E-state index contributed by atoms with van der Waals surface area (Å²) in [5, 5.41) is 5.82. The summed E-state index contributed by atoms with van der Waals surface area (Å²) in [6.07, 6.45) is 0.559. The fraction of sp³-hybridized carbons (Fsp3) is 0.938. The van der Waals surface area contributed by atoms with E-state index in [1.165, 1.54) is 0 Å². The van der Waals surface area contributed by atoms with E-state index < -0.39 is 0 Å². The molecule has 0 bridgehead atoms. The first-order valence-electron chi connectivity index (χ1n) is 8.39. The highest BCUT2D eigenvalue weighted by molar-refractivity contribution is 5.75. The zero-order valence-electron chi connectivity index (χ0n) is 14.9. The monoisotopic (exact) mass is 334 g/mol. The Morgan fingerprint density at radius 1 is 0.783 bits per heavy atom. The molecule has 1 amide bonds. The van der Waals surface area contributed by atoms with Crippen LogP contribution in [-0.2, 0) is 23.7 Å². The van der Waals surface area contributed by atoms with Crippen molar-refractivity contribution < 1.29 is 23.7 Å². The minimum atomic E-state index is 0.0759. The third kappa shape index (κ3) is 19.2. The molecule has 0 aromatic carbocycles. The topological polar surface area (TPSA) is 78.1 Å². The number of ether oxygens (including phenoxy) is 4. The van der Waals surface area contributed by atoms with Gasteiger partial charge in [-0.05, 0) is 13.0 Å². The summed E-state index contributed by atoms with van der Waals surface area (Å²) in [7, 11) is 1.89. The Labute approximate surface area is 140 Å². The van der Waals surface area contributed by atoms with Crippen molar-refractivity contribution >= 4 is 5.91 Å². The summed E-state index contributed by atoms with van der Waals surface area (Å²) in [6.45, 7) is 9.99. The van der Waals surface area contributed by atoms with Crippen LogP contribution in [0.5, 0.6) is 0 Å². The van der Waals surface area contributed by atoms with Crippen LogP contribution in [0.25, 0.3) is 0 Å². The van der Waals surface area contributed by atoms with Crippen molar-refractivity contribution in [3.8, 4) is 0 Å². The largest absolute Gasteiger partial charge is 0.378 e. The highest BCUT2D eigenvalue weighted by atomic mass is 16.6. The number of likely N-dealkylation sites (N-methyl/N-ethyl adjacent to an activating group) is 1. The number of rotatable bonds is 17. The second-order valence-electron chi connectivity index (χ2n) is 5.50. The van der Waals surface area contributed by atoms with Crippen molar-refractivity contribution in [1.29, 1.82) is 0 Å². The van der Waals surface area contributed by atoms with E-state index in [1.807, 2.05) is 20.9 Å². The average Bonchev–Trinajstić information content (AvgIpc) is 2.50. The molecule has 0 aromatic rings. The molecule has 7 nitrogen and oxygen atoms in total. The molecule has 7 heteroatoms. The Balaban J connectivity index is 3.06. The average molecular weight is 334 g/mol. The van der Waals surface area contributed by atoms with Gasteiger partial charge in [0.2, 0.25) is 5.91 Å². The van der Waals surface area contributed by atoms with Gasteiger partial charge in [-0.25, -0.2) is 0 Å². The van der Waals surface area contributed by atoms with E-state index in [4.69, 9.17) is 18.9 Å². The minimum Gasteiger partial charge on any atom is -0.378 e. The van der Waals surface area contributed by atoms with Gasteiger partial charge in [0.25, 0.3) is 0 Å². The van der Waals surface area contributed by atoms with Crippen molar-refractivity contribution in [1.82, 2.24) is 10.6 Å². The van der Waals surface area contributed by atoms with Gasteiger partial charge in [0.15, 0.2) is 0 Å². The summed E-state index contributed by atoms with van der Waals surface area (Å²) in [6, 6.07) is 0. The van der Waals surface area contributed by atoms with E-state index in [0.717, 1.165) is 6.54 Å². The van der Waals surface area contributed by atoms with Crippen LogP contribution in [0.1, 0.15) is 20.3 Å². The molecule has 0 aliphatic rings. The highest BCUT2D eigenvalue weighted by Crippen LogP contribution is 1.97. The van der Waals surface area contributed by atoms with E-state index in [2.05, 4.69) is 10.6 Å². The predicted octanol–water partition coefficient (Wildman–Crippen LogP) is 0.435. The lowest BCUT2D eigenvalue weighted by atomic mass is 10.1. The molecule has 23 heavy (non-hydrogen) atoms. The lowest BCUT2D eigenvalue weighted by Crippen LogP contribution is -2.28. The third-order valence-electron chi connectivity index (χ3n) is 2.77. The molecule has 0 unspecified atom stereocenters.